The second-order valence-corrected chi connectivity index (χ2v) is 4.55. The van der Waals surface area contributed by atoms with Gasteiger partial charge in [-0.2, -0.15) is 13.2 Å². The zero-order valence-corrected chi connectivity index (χ0v) is 11.8. The van der Waals surface area contributed by atoms with Crippen LogP contribution in [0.15, 0.2) is 18.2 Å². The lowest BCUT2D eigenvalue weighted by Crippen LogP contribution is -2.28. The van der Waals surface area contributed by atoms with E-state index in [0.29, 0.717) is 12.8 Å². The van der Waals surface area contributed by atoms with Crippen LogP contribution in [-0.2, 0) is 6.18 Å². The minimum Gasteiger partial charge on any atom is -0.391 e. The monoisotopic (exact) mass is 317 g/mol. The molecule has 1 rings (SSSR count). The highest BCUT2D eigenvalue weighted by atomic mass is 35.5. The predicted molar refractivity (Wildman–Crippen MR) is 71.5 cm³/mol. The first-order valence-corrected chi connectivity index (χ1v) is 5.95. The molecule has 0 spiro atoms. The molecule has 2 nitrogen and oxygen atoms in total. The molecule has 0 aliphatic rings. The highest BCUT2D eigenvalue weighted by Crippen LogP contribution is 2.36. The fourth-order valence-corrected chi connectivity index (χ4v) is 1.92. The van der Waals surface area contributed by atoms with Gasteiger partial charge in [0, 0.05) is 5.02 Å². The number of aliphatic hydroxyl groups is 1. The SMILES string of the molecule is CCC[C@@H](O)[C@@H](N)c1ccc(Cl)cc1C(F)(F)F.Cl. The van der Waals surface area contributed by atoms with Crippen molar-refractivity contribution in [3.63, 3.8) is 0 Å². The lowest BCUT2D eigenvalue weighted by Gasteiger charge is -2.22. The third-order valence-electron chi connectivity index (χ3n) is 2.68. The van der Waals surface area contributed by atoms with Crippen LogP contribution in [0.5, 0.6) is 0 Å². The number of benzene rings is 1. The Hall–Kier alpha value is -0.490. The Morgan fingerprint density at radius 3 is 2.42 bits per heavy atom. The van der Waals surface area contributed by atoms with E-state index in [4.69, 9.17) is 17.3 Å². The van der Waals surface area contributed by atoms with E-state index in [1.807, 2.05) is 6.92 Å². The number of hydrogen-bond acceptors (Lipinski definition) is 2. The van der Waals surface area contributed by atoms with Crippen molar-refractivity contribution < 1.29 is 18.3 Å². The zero-order valence-electron chi connectivity index (χ0n) is 10.2. The summed E-state index contributed by atoms with van der Waals surface area (Å²) in [5.41, 5.74) is 4.66. The van der Waals surface area contributed by atoms with Crippen LogP contribution in [0.4, 0.5) is 13.2 Å². The van der Waals surface area contributed by atoms with Crippen molar-refractivity contribution in [2.75, 3.05) is 0 Å². The highest BCUT2D eigenvalue weighted by molar-refractivity contribution is 6.30. The quantitative estimate of drug-likeness (QED) is 0.883. The van der Waals surface area contributed by atoms with Gasteiger partial charge in [0.1, 0.15) is 0 Å². The standard InChI is InChI=1S/C12H15ClF3NO.ClH/c1-2-3-10(18)11(17)8-5-4-7(13)6-9(8)12(14,15)16;/h4-6,10-11,18H,2-3,17H2,1H3;1H/t10-,11+;/m1./s1. The maximum Gasteiger partial charge on any atom is 0.416 e. The molecule has 0 bridgehead atoms. The molecule has 2 atom stereocenters. The maximum absolute atomic E-state index is 12.8. The minimum absolute atomic E-state index is 0. The second kappa shape index (κ2) is 7.33. The number of rotatable bonds is 4. The molecule has 0 saturated heterocycles. The highest BCUT2D eigenvalue weighted by Gasteiger charge is 2.36. The van der Waals surface area contributed by atoms with Crippen LogP contribution in [0.1, 0.15) is 36.9 Å². The first-order chi connectivity index (χ1) is 8.27. The van der Waals surface area contributed by atoms with Gasteiger partial charge in [0.2, 0.25) is 0 Å². The molecule has 7 heteroatoms. The Morgan fingerprint density at radius 2 is 1.95 bits per heavy atom. The largest absolute Gasteiger partial charge is 0.416 e. The Morgan fingerprint density at radius 1 is 1.37 bits per heavy atom. The van der Waals surface area contributed by atoms with E-state index >= 15 is 0 Å². The summed E-state index contributed by atoms with van der Waals surface area (Å²) in [6, 6.07) is 2.31. The van der Waals surface area contributed by atoms with Crippen molar-refractivity contribution in [3.05, 3.63) is 34.3 Å². The van der Waals surface area contributed by atoms with E-state index in [1.54, 1.807) is 0 Å². The number of hydrogen-bond donors (Lipinski definition) is 2. The normalized spacial score (nSPS) is 14.7. The fraction of sp³-hybridized carbons (Fsp3) is 0.500. The van der Waals surface area contributed by atoms with Crippen molar-refractivity contribution in [2.24, 2.45) is 5.73 Å². The summed E-state index contributed by atoms with van der Waals surface area (Å²) < 4.78 is 38.5. The topological polar surface area (TPSA) is 46.2 Å². The fourth-order valence-electron chi connectivity index (χ4n) is 1.75. The smallest absolute Gasteiger partial charge is 0.391 e. The molecule has 0 fully saturated rings. The molecule has 0 heterocycles. The van der Waals surface area contributed by atoms with Crippen molar-refractivity contribution in [1.82, 2.24) is 0 Å². The van der Waals surface area contributed by atoms with Crippen molar-refractivity contribution in [1.29, 1.82) is 0 Å². The first-order valence-electron chi connectivity index (χ1n) is 5.57. The van der Waals surface area contributed by atoms with E-state index in [2.05, 4.69) is 0 Å². The van der Waals surface area contributed by atoms with Gasteiger partial charge in [-0.25, -0.2) is 0 Å². The average Bonchev–Trinajstić information content (AvgIpc) is 2.27. The molecule has 0 radical (unpaired) electrons. The van der Waals surface area contributed by atoms with Crippen LogP contribution in [0.2, 0.25) is 5.02 Å². The molecule has 0 amide bonds. The van der Waals surface area contributed by atoms with Gasteiger partial charge < -0.3 is 10.8 Å². The summed E-state index contributed by atoms with van der Waals surface area (Å²) in [6.45, 7) is 1.82. The van der Waals surface area contributed by atoms with E-state index in [9.17, 15) is 18.3 Å². The molecule has 1 aromatic carbocycles. The van der Waals surface area contributed by atoms with E-state index in [-0.39, 0.29) is 23.0 Å². The lowest BCUT2D eigenvalue weighted by molar-refractivity contribution is -0.138. The van der Waals surface area contributed by atoms with Crippen molar-refractivity contribution in [2.45, 2.75) is 38.1 Å². The van der Waals surface area contributed by atoms with Gasteiger partial charge in [-0.15, -0.1) is 12.4 Å². The summed E-state index contributed by atoms with van der Waals surface area (Å²) in [4.78, 5) is 0. The summed E-state index contributed by atoms with van der Waals surface area (Å²) in [7, 11) is 0. The zero-order chi connectivity index (χ0) is 13.9. The van der Waals surface area contributed by atoms with Crippen LogP contribution in [0.3, 0.4) is 0 Å². The van der Waals surface area contributed by atoms with Crippen LogP contribution in [-0.4, -0.2) is 11.2 Å². The molecular weight excluding hydrogens is 302 g/mol. The third-order valence-corrected chi connectivity index (χ3v) is 2.91. The van der Waals surface area contributed by atoms with Crippen LogP contribution in [0.25, 0.3) is 0 Å². The molecule has 0 aromatic heterocycles. The van der Waals surface area contributed by atoms with Gasteiger partial charge in [0.25, 0.3) is 0 Å². The van der Waals surface area contributed by atoms with E-state index in [0.717, 1.165) is 6.07 Å². The summed E-state index contributed by atoms with van der Waals surface area (Å²) in [5.74, 6) is 0. The van der Waals surface area contributed by atoms with Gasteiger partial charge >= 0.3 is 6.18 Å². The molecule has 19 heavy (non-hydrogen) atoms. The summed E-state index contributed by atoms with van der Waals surface area (Å²) in [6.07, 6.45) is -4.55. The molecule has 110 valence electrons. The lowest BCUT2D eigenvalue weighted by atomic mass is 9.94. The summed E-state index contributed by atoms with van der Waals surface area (Å²) in [5, 5.41) is 9.69. The molecule has 1 aromatic rings. The van der Waals surface area contributed by atoms with Gasteiger partial charge in [-0.1, -0.05) is 31.0 Å². The Labute approximate surface area is 121 Å². The Balaban J connectivity index is 0.00000324. The first kappa shape index (κ1) is 18.5. The molecule has 0 saturated carbocycles. The van der Waals surface area contributed by atoms with E-state index in [1.165, 1.54) is 12.1 Å². The molecule has 0 aliphatic heterocycles. The Kier molecular flexibility index (Phi) is 7.15. The van der Waals surface area contributed by atoms with Crippen molar-refractivity contribution >= 4 is 24.0 Å². The Bertz CT molecular complexity index is 412. The predicted octanol–water partition coefficient (Wildman–Crippen LogP) is 3.94. The maximum atomic E-state index is 12.8. The van der Waals surface area contributed by atoms with Crippen LogP contribution in [0, 0.1) is 0 Å². The minimum atomic E-state index is -4.54. The van der Waals surface area contributed by atoms with Gasteiger partial charge in [-0.3, -0.25) is 0 Å². The second-order valence-electron chi connectivity index (χ2n) is 4.11. The number of nitrogens with two attached hydrogens (primary N) is 1. The molecular formula is C12H16Cl2F3NO. The molecule has 3 N–H and O–H groups in total. The van der Waals surface area contributed by atoms with Gasteiger partial charge in [0.05, 0.1) is 17.7 Å². The summed E-state index contributed by atoms with van der Waals surface area (Å²) >= 11 is 5.56. The van der Waals surface area contributed by atoms with Gasteiger partial charge in [0.15, 0.2) is 0 Å². The number of aliphatic hydroxyl groups excluding tert-OH is 1. The van der Waals surface area contributed by atoms with Crippen LogP contribution < -0.4 is 5.73 Å². The molecule has 0 aliphatic carbocycles. The van der Waals surface area contributed by atoms with Gasteiger partial charge in [-0.05, 0) is 24.1 Å². The van der Waals surface area contributed by atoms with Crippen LogP contribution >= 0.6 is 24.0 Å². The third kappa shape index (κ3) is 4.84. The van der Waals surface area contributed by atoms with E-state index < -0.39 is 23.9 Å². The average molecular weight is 318 g/mol. The number of alkyl halides is 3. The van der Waals surface area contributed by atoms with Crippen molar-refractivity contribution in [3.8, 4) is 0 Å². The number of halogens is 5. The molecule has 0 unspecified atom stereocenters.